The number of anilines is 1. The van der Waals surface area contributed by atoms with Crippen LogP contribution in [0.2, 0.25) is 0 Å². The molecule has 1 atom stereocenters. The maximum Gasteiger partial charge on any atom is 0.273 e. The molecule has 1 aliphatic rings. The van der Waals surface area contributed by atoms with E-state index < -0.39 is 0 Å². The SMILES string of the molecule is CC(C)(C)C1CCCN(C(=O)c2csc(N)n2)CC1. The van der Waals surface area contributed by atoms with Crippen molar-refractivity contribution in [1.82, 2.24) is 9.88 Å². The van der Waals surface area contributed by atoms with E-state index in [9.17, 15) is 4.79 Å². The molecule has 0 radical (unpaired) electrons. The first-order valence-electron chi connectivity index (χ1n) is 6.88. The summed E-state index contributed by atoms with van der Waals surface area (Å²) >= 11 is 1.33. The Hall–Kier alpha value is -1.10. The van der Waals surface area contributed by atoms with Gasteiger partial charge in [0.1, 0.15) is 5.69 Å². The van der Waals surface area contributed by atoms with E-state index in [0.29, 0.717) is 22.2 Å². The van der Waals surface area contributed by atoms with Crippen molar-refractivity contribution in [3.63, 3.8) is 0 Å². The molecule has 1 aliphatic heterocycles. The van der Waals surface area contributed by atoms with E-state index in [2.05, 4.69) is 25.8 Å². The van der Waals surface area contributed by atoms with Gasteiger partial charge in [0.2, 0.25) is 0 Å². The number of hydrogen-bond acceptors (Lipinski definition) is 4. The topological polar surface area (TPSA) is 59.2 Å². The minimum atomic E-state index is 0.0301. The molecule has 0 aliphatic carbocycles. The van der Waals surface area contributed by atoms with Crippen LogP contribution in [0.5, 0.6) is 0 Å². The second kappa shape index (κ2) is 5.49. The normalized spacial score (nSPS) is 21.2. The fraction of sp³-hybridized carbons (Fsp3) is 0.714. The first-order chi connectivity index (χ1) is 8.88. The predicted octanol–water partition coefficient (Wildman–Crippen LogP) is 3.01. The lowest BCUT2D eigenvalue weighted by Crippen LogP contribution is -2.32. The van der Waals surface area contributed by atoms with Gasteiger partial charge in [-0.15, -0.1) is 11.3 Å². The average molecular weight is 281 g/mol. The van der Waals surface area contributed by atoms with Crippen molar-refractivity contribution in [2.24, 2.45) is 11.3 Å². The van der Waals surface area contributed by atoms with Crippen molar-refractivity contribution in [1.29, 1.82) is 0 Å². The molecule has 1 amide bonds. The van der Waals surface area contributed by atoms with Crippen LogP contribution >= 0.6 is 11.3 Å². The van der Waals surface area contributed by atoms with Crippen molar-refractivity contribution in [3.05, 3.63) is 11.1 Å². The molecule has 0 saturated carbocycles. The molecule has 0 bridgehead atoms. The van der Waals surface area contributed by atoms with Crippen molar-refractivity contribution in [2.75, 3.05) is 18.8 Å². The number of aromatic nitrogens is 1. The van der Waals surface area contributed by atoms with Crippen LogP contribution in [-0.4, -0.2) is 28.9 Å². The van der Waals surface area contributed by atoms with E-state index >= 15 is 0 Å². The zero-order chi connectivity index (χ0) is 14.0. The summed E-state index contributed by atoms with van der Waals surface area (Å²) in [6.45, 7) is 8.53. The number of rotatable bonds is 1. The van der Waals surface area contributed by atoms with Crippen LogP contribution in [0.4, 0.5) is 5.13 Å². The summed E-state index contributed by atoms with van der Waals surface area (Å²) in [5, 5.41) is 2.22. The first kappa shape index (κ1) is 14.3. The lowest BCUT2D eigenvalue weighted by Gasteiger charge is -2.29. The van der Waals surface area contributed by atoms with Crippen molar-refractivity contribution >= 4 is 22.4 Å². The van der Waals surface area contributed by atoms with Crippen LogP contribution < -0.4 is 5.73 Å². The first-order valence-corrected chi connectivity index (χ1v) is 7.76. The van der Waals surface area contributed by atoms with Gasteiger partial charge in [0.25, 0.3) is 5.91 Å². The van der Waals surface area contributed by atoms with E-state index in [4.69, 9.17) is 5.73 Å². The molecule has 0 spiro atoms. The van der Waals surface area contributed by atoms with Gasteiger partial charge in [-0.3, -0.25) is 4.79 Å². The summed E-state index contributed by atoms with van der Waals surface area (Å²) in [6, 6.07) is 0. The van der Waals surface area contributed by atoms with Crippen molar-refractivity contribution in [3.8, 4) is 0 Å². The third kappa shape index (κ3) is 3.47. The second-order valence-corrected chi connectivity index (χ2v) is 7.25. The van der Waals surface area contributed by atoms with E-state index in [1.54, 1.807) is 5.38 Å². The number of nitrogen functional groups attached to an aromatic ring is 1. The van der Waals surface area contributed by atoms with Gasteiger partial charge in [-0.05, 0) is 30.6 Å². The minimum Gasteiger partial charge on any atom is -0.375 e. The standard InChI is InChI=1S/C14H23N3OS/c1-14(2,3)10-5-4-7-17(8-6-10)12(18)11-9-19-13(15)16-11/h9-10H,4-8H2,1-3H3,(H2,15,16). The fourth-order valence-corrected chi connectivity index (χ4v) is 3.25. The number of thiazole rings is 1. The Morgan fingerprint density at radius 3 is 2.74 bits per heavy atom. The van der Waals surface area contributed by atoms with E-state index in [-0.39, 0.29) is 5.91 Å². The molecular formula is C14H23N3OS. The van der Waals surface area contributed by atoms with Gasteiger partial charge >= 0.3 is 0 Å². The third-order valence-electron chi connectivity index (χ3n) is 3.98. The van der Waals surface area contributed by atoms with Gasteiger partial charge in [-0.1, -0.05) is 20.8 Å². The van der Waals surface area contributed by atoms with Crippen LogP contribution in [0.3, 0.4) is 0 Å². The zero-order valence-electron chi connectivity index (χ0n) is 12.0. The monoisotopic (exact) mass is 281 g/mol. The molecule has 2 heterocycles. The number of nitrogens with two attached hydrogens (primary N) is 1. The van der Waals surface area contributed by atoms with Gasteiger partial charge < -0.3 is 10.6 Å². The smallest absolute Gasteiger partial charge is 0.273 e. The summed E-state index contributed by atoms with van der Waals surface area (Å²) in [5.41, 5.74) is 6.41. The Labute approximate surface area is 119 Å². The molecule has 1 aromatic heterocycles. The largest absolute Gasteiger partial charge is 0.375 e. The van der Waals surface area contributed by atoms with Gasteiger partial charge in [-0.2, -0.15) is 0 Å². The van der Waals surface area contributed by atoms with Crippen molar-refractivity contribution < 1.29 is 4.79 Å². The molecule has 2 N–H and O–H groups in total. The summed E-state index contributed by atoms with van der Waals surface area (Å²) in [7, 11) is 0. The molecule has 5 heteroatoms. The Morgan fingerprint density at radius 2 is 2.16 bits per heavy atom. The number of amides is 1. The highest BCUT2D eigenvalue weighted by Gasteiger charge is 2.29. The summed E-state index contributed by atoms with van der Waals surface area (Å²) in [6.07, 6.45) is 3.36. The van der Waals surface area contributed by atoms with E-state index in [1.165, 1.54) is 17.8 Å². The Balaban J connectivity index is 2.01. The molecule has 19 heavy (non-hydrogen) atoms. The molecule has 1 fully saturated rings. The lowest BCUT2D eigenvalue weighted by atomic mass is 9.77. The lowest BCUT2D eigenvalue weighted by molar-refractivity contribution is 0.0750. The molecule has 4 nitrogen and oxygen atoms in total. The van der Waals surface area contributed by atoms with Crippen molar-refractivity contribution in [2.45, 2.75) is 40.0 Å². The summed E-state index contributed by atoms with van der Waals surface area (Å²) in [4.78, 5) is 18.4. The van der Waals surface area contributed by atoms with Gasteiger partial charge in [-0.25, -0.2) is 4.98 Å². The number of likely N-dealkylation sites (tertiary alicyclic amines) is 1. The highest BCUT2D eigenvalue weighted by Crippen LogP contribution is 2.34. The summed E-state index contributed by atoms with van der Waals surface area (Å²) in [5.74, 6) is 0.716. The molecular weight excluding hydrogens is 258 g/mol. The third-order valence-corrected chi connectivity index (χ3v) is 4.66. The molecule has 0 aromatic carbocycles. The molecule has 2 rings (SSSR count). The van der Waals surface area contributed by atoms with Crippen LogP contribution in [0, 0.1) is 11.3 Å². The van der Waals surface area contributed by atoms with Crippen LogP contribution in [0.25, 0.3) is 0 Å². The van der Waals surface area contributed by atoms with E-state index in [1.807, 2.05) is 4.90 Å². The summed E-state index contributed by atoms with van der Waals surface area (Å²) < 4.78 is 0. The Kier molecular flexibility index (Phi) is 4.13. The Bertz CT molecular complexity index is 450. The molecule has 1 unspecified atom stereocenters. The fourth-order valence-electron chi connectivity index (χ4n) is 2.71. The highest BCUT2D eigenvalue weighted by molar-refractivity contribution is 7.13. The van der Waals surface area contributed by atoms with Gasteiger partial charge in [0, 0.05) is 18.5 Å². The van der Waals surface area contributed by atoms with E-state index in [0.717, 1.165) is 25.9 Å². The van der Waals surface area contributed by atoms with Gasteiger partial charge in [0.05, 0.1) is 0 Å². The average Bonchev–Trinajstić information content (AvgIpc) is 2.62. The molecule has 106 valence electrons. The van der Waals surface area contributed by atoms with Crippen LogP contribution in [0.1, 0.15) is 50.5 Å². The number of nitrogens with zero attached hydrogens (tertiary/aromatic N) is 2. The Morgan fingerprint density at radius 1 is 1.42 bits per heavy atom. The second-order valence-electron chi connectivity index (χ2n) is 6.36. The maximum absolute atomic E-state index is 12.3. The number of carbonyl (C=O) groups is 1. The van der Waals surface area contributed by atoms with Gasteiger partial charge in [0.15, 0.2) is 5.13 Å². The minimum absolute atomic E-state index is 0.0301. The predicted molar refractivity (Wildman–Crippen MR) is 79.2 cm³/mol. The van der Waals surface area contributed by atoms with Crippen LogP contribution in [-0.2, 0) is 0 Å². The molecule has 1 saturated heterocycles. The number of hydrogen-bond donors (Lipinski definition) is 1. The number of carbonyl (C=O) groups excluding carboxylic acids is 1. The quantitative estimate of drug-likeness (QED) is 0.860. The maximum atomic E-state index is 12.3. The van der Waals surface area contributed by atoms with Crippen LogP contribution in [0.15, 0.2) is 5.38 Å². The molecule has 1 aromatic rings. The highest BCUT2D eigenvalue weighted by atomic mass is 32.1. The zero-order valence-corrected chi connectivity index (χ0v) is 12.8.